The van der Waals surface area contributed by atoms with Crippen LogP contribution in [0.4, 0.5) is 0 Å². The molecular weight excluding hydrogens is 248 g/mol. The number of carbonyl (C=O) groups is 1. The van der Waals surface area contributed by atoms with Gasteiger partial charge in [0.15, 0.2) is 0 Å². The third kappa shape index (κ3) is 3.04. The van der Waals surface area contributed by atoms with Crippen LogP contribution in [-0.2, 0) is 4.79 Å². The van der Waals surface area contributed by atoms with Gasteiger partial charge in [-0.3, -0.25) is 4.79 Å². The number of carbonyl (C=O) groups excluding carboxylic acids is 1. The van der Waals surface area contributed by atoms with Gasteiger partial charge in [-0.15, -0.1) is 0 Å². The quantitative estimate of drug-likeness (QED) is 0.885. The molecule has 3 N–H and O–H groups in total. The predicted octanol–water partition coefficient (Wildman–Crippen LogP) is 2.57. The number of nitrogens with one attached hydrogen (secondary N) is 1. The monoisotopic (exact) mass is 272 g/mol. The van der Waals surface area contributed by atoms with Gasteiger partial charge in [0.1, 0.15) is 0 Å². The number of nitrogens with two attached hydrogens (primary N) is 1. The lowest BCUT2D eigenvalue weighted by atomic mass is 9.82. The predicted molar refractivity (Wildman–Crippen MR) is 80.3 cm³/mol. The van der Waals surface area contributed by atoms with Crippen LogP contribution in [-0.4, -0.2) is 18.0 Å². The highest BCUT2D eigenvalue weighted by molar-refractivity contribution is 5.82. The van der Waals surface area contributed by atoms with Crippen molar-refractivity contribution in [3.63, 3.8) is 0 Å². The van der Waals surface area contributed by atoms with E-state index >= 15 is 0 Å². The standard InChI is InChI=1S/C17H24N2O/c18-17(9-5-2-6-10-17)12-19-16(20)15-11-14(15)13-7-3-1-4-8-13/h1,3-4,7-8,14-15H,2,5-6,9-12,18H2,(H,19,20)/t14-,15+/m0/s1. The highest BCUT2D eigenvalue weighted by Gasteiger charge is 2.44. The van der Waals surface area contributed by atoms with Crippen molar-refractivity contribution in [2.45, 2.75) is 50.0 Å². The summed E-state index contributed by atoms with van der Waals surface area (Å²) in [6.45, 7) is 0.643. The number of amides is 1. The largest absolute Gasteiger partial charge is 0.354 e. The van der Waals surface area contributed by atoms with Crippen LogP contribution in [0, 0.1) is 5.92 Å². The van der Waals surface area contributed by atoms with Crippen LogP contribution in [0.2, 0.25) is 0 Å². The second-order valence-electron chi connectivity index (χ2n) is 6.50. The molecular formula is C17H24N2O. The molecule has 1 amide bonds. The van der Waals surface area contributed by atoms with Gasteiger partial charge in [-0.1, -0.05) is 49.6 Å². The lowest BCUT2D eigenvalue weighted by Gasteiger charge is -2.33. The van der Waals surface area contributed by atoms with Crippen molar-refractivity contribution in [1.29, 1.82) is 0 Å². The molecule has 2 atom stereocenters. The van der Waals surface area contributed by atoms with E-state index in [0.717, 1.165) is 19.3 Å². The molecule has 0 saturated heterocycles. The number of rotatable bonds is 4. The lowest BCUT2D eigenvalue weighted by molar-refractivity contribution is -0.122. The second-order valence-corrected chi connectivity index (χ2v) is 6.50. The Morgan fingerprint density at radius 1 is 1.20 bits per heavy atom. The van der Waals surface area contributed by atoms with Crippen molar-refractivity contribution in [1.82, 2.24) is 5.32 Å². The van der Waals surface area contributed by atoms with Crippen molar-refractivity contribution >= 4 is 5.91 Å². The summed E-state index contributed by atoms with van der Waals surface area (Å²) in [6.07, 6.45) is 6.74. The van der Waals surface area contributed by atoms with E-state index < -0.39 is 0 Å². The summed E-state index contributed by atoms with van der Waals surface area (Å²) in [5.41, 5.74) is 7.48. The summed E-state index contributed by atoms with van der Waals surface area (Å²) >= 11 is 0. The van der Waals surface area contributed by atoms with Crippen LogP contribution in [0.1, 0.15) is 50.0 Å². The third-order valence-corrected chi connectivity index (χ3v) is 4.82. The molecule has 2 saturated carbocycles. The molecule has 0 radical (unpaired) electrons. The molecule has 2 fully saturated rings. The zero-order chi connectivity index (χ0) is 14.0. The Balaban J connectivity index is 1.49. The summed E-state index contributed by atoms with van der Waals surface area (Å²) in [4.78, 5) is 12.2. The SMILES string of the molecule is NC1(CNC(=O)[C@@H]2C[C@H]2c2ccccc2)CCCCC1. The first-order valence-corrected chi connectivity index (χ1v) is 7.79. The first kappa shape index (κ1) is 13.6. The molecule has 1 aromatic carbocycles. The fourth-order valence-corrected chi connectivity index (χ4v) is 3.38. The summed E-state index contributed by atoms with van der Waals surface area (Å²) in [6, 6.07) is 10.3. The normalized spacial score (nSPS) is 27.9. The molecule has 2 aliphatic carbocycles. The lowest BCUT2D eigenvalue weighted by Crippen LogP contribution is -2.51. The Kier molecular flexibility index (Phi) is 3.79. The maximum absolute atomic E-state index is 12.2. The Labute approximate surface area is 120 Å². The minimum Gasteiger partial charge on any atom is -0.354 e. The van der Waals surface area contributed by atoms with Gasteiger partial charge in [-0.25, -0.2) is 0 Å². The first-order chi connectivity index (χ1) is 9.68. The molecule has 3 heteroatoms. The number of hydrogen-bond acceptors (Lipinski definition) is 2. The fraction of sp³-hybridized carbons (Fsp3) is 0.588. The first-order valence-electron chi connectivity index (χ1n) is 7.79. The zero-order valence-electron chi connectivity index (χ0n) is 12.0. The van der Waals surface area contributed by atoms with Gasteiger partial charge in [-0.05, 0) is 30.7 Å². The highest BCUT2D eigenvalue weighted by Crippen LogP contribution is 2.47. The Hall–Kier alpha value is -1.35. The summed E-state index contributed by atoms with van der Waals surface area (Å²) in [7, 11) is 0. The summed E-state index contributed by atoms with van der Waals surface area (Å²) < 4.78 is 0. The number of benzene rings is 1. The van der Waals surface area contributed by atoms with E-state index in [-0.39, 0.29) is 17.4 Å². The smallest absolute Gasteiger partial charge is 0.223 e. The molecule has 3 nitrogen and oxygen atoms in total. The maximum atomic E-state index is 12.2. The molecule has 0 heterocycles. The van der Waals surface area contributed by atoms with E-state index in [2.05, 4.69) is 17.4 Å². The van der Waals surface area contributed by atoms with Gasteiger partial charge in [-0.2, -0.15) is 0 Å². The minimum absolute atomic E-state index is 0.157. The van der Waals surface area contributed by atoms with Gasteiger partial charge in [0.2, 0.25) is 5.91 Å². The van der Waals surface area contributed by atoms with Gasteiger partial charge in [0.25, 0.3) is 0 Å². The van der Waals surface area contributed by atoms with Crippen LogP contribution in [0.3, 0.4) is 0 Å². The van der Waals surface area contributed by atoms with E-state index in [0.29, 0.717) is 12.5 Å². The Morgan fingerprint density at radius 2 is 1.90 bits per heavy atom. The summed E-state index contributed by atoms with van der Waals surface area (Å²) in [5, 5.41) is 3.09. The van der Waals surface area contributed by atoms with Gasteiger partial charge in [0, 0.05) is 18.0 Å². The third-order valence-electron chi connectivity index (χ3n) is 4.82. The van der Waals surface area contributed by atoms with Crippen molar-refractivity contribution in [2.75, 3.05) is 6.54 Å². The molecule has 1 aromatic rings. The van der Waals surface area contributed by atoms with Gasteiger partial charge < -0.3 is 11.1 Å². The fourth-order valence-electron chi connectivity index (χ4n) is 3.38. The molecule has 0 unspecified atom stereocenters. The van der Waals surface area contributed by atoms with E-state index in [1.807, 2.05) is 18.2 Å². The molecule has 0 spiro atoms. The minimum atomic E-state index is -0.162. The second kappa shape index (κ2) is 5.57. The van der Waals surface area contributed by atoms with E-state index in [9.17, 15) is 4.79 Å². The number of hydrogen-bond donors (Lipinski definition) is 2. The van der Waals surface area contributed by atoms with Crippen molar-refractivity contribution in [2.24, 2.45) is 11.7 Å². The Bertz CT molecular complexity index is 465. The van der Waals surface area contributed by atoms with Crippen LogP contribution in [0.5, 0.6) is 0 Å². The van der Waals surface area contributed by atoms with Crippen LogP contribution in [0.15, 0.2) is 30.3 Å². The highest BCUT2D eigenvalue weighted by atomic mass is 16.2. The maximum Gasteiger partial charge on any atom is 0.223 e. The van der Waals surface area contributed by atoms with Crippen LogP contribution in [0.25, 0.3) is 0 Å². The van der Waals surface area contributed by atoms with Crippen LogP contribution < -0.4 is 11.1 Å². The van der Waals surface area contributed by atoms with E-state index in [1.54, 1.807) is 0 Å². The van der Waals surface area contributed by atoms with E-state index in [4.69, 9.17) is 5.73 Å². The molecule has 0 bridgehead atoms. The molecule has 0 aromatic heterocycles. The van der Waals surface area contributed by atoms with Crippen LogP contribution >= 0.6 is 0 Å². The average molecular weight is 272 g/mol. The average Bonchev–Trinajstić information content (AvgIpc) is 3.27. The molecule has 3 rings (SSSR count). The van der Waals surface area contributed by atoms with Crippen molar-refractivity contribution < 1.29 is 4.79 Å². The van der Waals surface area contributed by atoms with Crippen molar-refractivity contribution in [3.05, 3.63) is 35.9 Å². The van der Waals surface area contributed by atoms with Crippen molar-refractivity contribution in [3.8, 4) is 0 Å². The molecule has 2 aliphatic rings. The zero-order valence-corrected chi connectivity index (χ0v) is 12.0. The van der Waals surface area contributed by atoms with Gasteiger partial charge in [0.05, 0.1) is 0 Å². The Morgan fingerprint density at radius 3 is 2.60 bits per heavy atom. The molecule has 20 heavy (non-hydrogen) atoms. The molecule has 0 aliphatic heterocycles. The van der Waals surface area contributed by atoms with Gasteiger partial charge >= 0.3 is 0 Å². The summed E-state index contributed by atoms with van der Waals surface area (Å²) in [5.74, 6) is 0.759. The molecule has 108 valence electrons. The topological polar surface area (TPSA) is 55.1 Å². The van der Waals surface area contributed by atoms with E-state index in [1.165, 1.54) is 24.8 Å².